The third kappa shape index (κ3) is 9.47. The summed E-state index contributed by atoms with van der Waals surface area (Å²) in [4.78, 5) is 25.0. The third-order valence-corrected chi connectivity index (χ3v) is 13.3. The highest BCUT2D eigenvalue weighted by atomic mass is 16.5. The summed E-state index contributed by atoms with van der Waals surface area (Å²) in [6.07, 6.45) is 17.9. The molecule has 4 aliphatic carbocycles. The van der Waals surface area contributed by atoms with Crippen LogP contribution >= 0.6 is 0 Å². The molecule has 266 valence electrons. The zero-order valence-corrected chi connectivity index (χ0v) is 30.3. The molecule has 0 aromatic heterocycles. The molecule has 4 aliphatic rings. The maximum Gasteiger partial charge on any atom is 0.328 e. The average molecular weight is 646 g/mol. The maximum absolute atomic E-state index is 12.8. The molecule has 6 N–H and O–H groups in total. The highest BCUT2D eigenvalue weighted by Crippen LogP contribution is 2.67. The summed E-state index contributed by atoms with van der Waals surface area (Å²) in [5.41, 5.74) is 6.50. The van der Waals surface area contributed by atoms with Crippen LogP contribution in [0.4, 0.5) is 0 Å². The summed E-state index contributed by atoms with van der Waals surface area (Å²) in [6, 6.07) is 0.165. The van der Waals surface area contributed by atoms with Crippen molar-refractivity contribution < 1.29 is 14.3 Å². The minimum Gasteiger partial charge on any atom is -0.467 e. The van der Waals surface area contributed by atoms with Gasteiger partial charge in [-0.1, -0.05) is 27.7 Å². The van der Waals surface area contributed by atoms with Gasteiger partial charge in [0.2, 0.25) is 5.91 Å². The van der Waals surface area contributed by atoms with Crippen molar-refractivity contribution in [3.63, 3.8) is 0 Å². The quantitative estimate of drug-likeness (QED) is 0.0944. The second-order valence-corrected chi connectivity index (χ2v) is 16.6. The van der Waals surface area contributed by atoms with Gasteiger partial charge in [0.05, 0.1) is 7.11 Å². The van der Waals surface area contributed by atoms with E-state index in [1.165, 1.54) is 71.3 Å². The van der Waals surface area contributed by atoms with E-state index in [0.717, 1.165) is 88.1 Å². The van der Waals surface area contributed by atoms with E-state index in [1.54, 1.807) is 0 Å². The van der Waals surface area contributed by atoms with Crippen molar-refractivity contribution in [1.82, 2.24) is 21.3 Å². The highest BCUT2D eigenvalue weighted by molar-refractivity contribution is 5.84. The van der Waals surface area contributed by atoms with Crippen LogP contribution in [0.1, 0.15) is 124 Å². The summed E-state index contributed by atoms with van der Waals surface area (Å²) in [5, 5.41) is 13.9. The Kier molecular flexibility index (Phi) is 14.7. The molecule has 8 heteroatoms. The molecule has 0 spiro atoms. The summed E-state index contributed by atoms with van der Waals surface area (Å²) in [6.45, 7) is 15.5. The number of hydrogen-bond acceptors (Lipinski definition) is 7. The molecule has 4 fully saturated rings. The Hall–Kier alpha value is -1.22. The first kappa shape index (κ1) is 37.6. The van der Waals surface area contributed by atoms with Crippen molar-refractivity contribution in [2.24, 2.45) is 52.1 Å². The summed E-state index contributed by atoms with van der Waals surface area (Å²) in [5.74, 6) is 4.24. The number of ether oxygens (including phenoxy) is 1. The van der Waals surface area contributed by atoms with Crippen LogP contribution in [0.5, 0.6) is 0 Å². The van der Waals surface area contributed by atoms with Crippen molar-refractivity contribution in [2.75, 3.05) is 46.4 Å². The lowest BCUT2D eigenvalue weighted by atomic mass is 9.44. The fourth-order valence-corrected chi connectivity index (χ4v) is 10.8. The van der Waals surface area contributed by atoms with Gasteiger partial charge in [-0.05, 0) is 162 Å². The SMILES string of the molecule is COC(=O)C(CC(C)C)NC(=O)CCCC1CCC2C3CCC4CC(NCCCNCCNCCCN)CCC4(C)C3CCC12C. The van der Waals surface area contributed by atoms with Gasteiger partial charge in [0.1, 0.15) is 6.04 Å². The number of carbonyl (C=O) groups excluding carboxylic acids is 2. The van der Waals surface area contributed by atoms with Crippen LogP contribution in [0.3, 0.4) is 0 Å². The van der Waals surface area contributed by atoms with E-state index in [-0.39, 0.29) is 11.9 Å². The summed E-state index contributed by atoms with van der Waals surface area (Å²) < 4.78 is 4.94. The maximum atomic E-state index is 12.8. The first-order valence-corrected chi connectivity index (χ1v) is 19.3. The molecule has 0 radical (unpaired) electrons. The van der Waals surface area contributed by atoms with Gasteiger partial charge in [0.15, 0.2) is 0 Å². The number of methoxy groups -OCH3 is 1. The fraction of sp³-hybridized carbons (Fsp3) is 0.947. The molecule has 8 nitrogen and oxygen atoms in total. The predicted octanol–water partition coefficient (Wildman–Crippen LogP) is 5.40. The van der Waals surface area contributed by atoms with Gasteiger partial charge < -0.3 is 31.7 Å². The summed E-state index contributed by atoms with van der Waals surface area (Å²) >= 11 is 0. The molecule has 4 rings (SSSR count). The molecule has 9 atom stereocenters. The number of nitrogens with one attached hydrogen (secondary N) is 4. The van der Waals surface area contributed by atoms with Crippen LogP contribution < -0.4 is 27.0 Å². The molecular weight excluding hydrogens is 574 g/mol. The molecule has 9 unspecified atom stereocenters. The van der Waals surface area contributed by atoms with Crippen molar-refractivity contribution in [1.29, 1.82) is 0 Å². The van der Waals surface area contributed by atoms with Gasteiger partial charge in [-0.3, -0.25) is 4.79 Å². The normalized spacial score (nSPS) is 34.4. The molecule has 0 aliphatic heterocycles. The Bertz CT molecular complexity index is 947. The highest BCUT2D eigenvalue weighted by Gasteiger charge is 2.59. The molecule has 4 saturated carbocycles. The van der Waals surface area contributed by atoms with E-state index < -0.39 is 6.04 Å². The van der Waals surface area contributed by atoms with Crippen molar-refractivity contribution >= 4 is 11.9 Å². The number of fused-ring (bicyclic) bond motifs is 5. The zero-order valence-electron chi connectivity index (χ0n) is 30.3. The molecule has 0 bridgehead atoms. The Balaban J connectivity index is 1.19. The molecule has 0 saturated heterocycles. The Morgan fingerprint density at radius 1 is 0.848 bits per heavy atom. The second-order valence-electron chi connectivity index (χ2n) is 16.6. The van der Waals surface area contributed by atoms with Crippen molar-refractivity contribution in [2.45, 2.75) is 136 Å². The first-order chi connectivity index (χ1) is 22.1. The lowest BCUT2D eigenvalue weighted by Gasteiger charge is -2.61. The van der Waals surface area contributed by atoms with Crippen LogP contribution in [0.25, 0.3) is 0 Å². The standard InChI is InChI=1S/C38H71N5O3/c1-27(2)25-34(36(45)46-5)43-35(44)10-6-9-28-12-14-32-31-13-11-29-26-30(42-22-8-21-41-24-23-40-20-7-19-39)15-17-38(29,4)33(31)16-18-37(28,32)3/h27-34,40-42H,6-26,39H2,1-5H3,(H,43,44). The molecule has 0 heterocycles. The number of carbonyl (C=O) groups is 2. The molecule has 0 aromatic carbocycles. The molecule has 46 heavy (non-hydrogen) atoms. The van der Waals surface area contributed by atoms with Crippen LogP contribution in [0.2, 0.25) is 0 Å². The minimum absolute atomic E-state index is 0.00488. The fourth-order valence-electron chi connectivity index (χ4n) is 10.8. The van der Waals surface area contributed by atoms with Crippen molar-refractivity contribution in [3.05, 3.63) is 0 Å². The van der Waals surface area contributed by atoms with Crippen LogP contribution in [-0.4, -0.2) is 70.3 Å². The number of rotatable bonds is 19. The Morgan fingerprint density at radius 3 is 2.28 bits per heavy atom. The van der Waals surface area contributed by atoms with E-state index in [4.69, 9.17) is 10.5 Å². The van der Waals surface area contributed by atoms with E-state index in [0.29, 0.717) is 35.6 Å². The van der Waals surface area contributed by atoms with E-state index in [2.05, 4.69) is 49.0 Å². The topological polar surface area (TPSA) is 118 Å². The van der Waals surface area contributed by atoms with Gasteiger partial charge in [0, 0.05) is 25.6 Å². The van der Waals surface area contributed by atoms with Crippen LogP contribution in [0.15, 0.2) is 0 Å². The minimum atomic E-state index is -0.532. The van der Waals surface area contributed by atoms with E-state index in [9.17, 15) is 9.59 Å². The van der Waals surface area contributed by atoms with Gasteiger partial charge in [-0.2, -0.15) is 0 Å². The number of hydrogen-bond donors (Lipinski definition) is 5. The van der Waals surface area contributed by atoms with Gasteiger partial charge in [-0.25, -0.2) is 4.79 Å². The second kappa shape index (κ2) is 18.0. The monoisotopic (exact) mass is 646 g/mol. The third-order valence-electron chi connectivity index (χ3n) is 13.3. The predicted molar refractivity (Wildman–Crippen MR) is 188 cm³/mol. The molecule has 1 amide bonds. The lowest BCUT2D eigenvalue weighted by molar-refractivity contribution is -0.145. The van der Waals surface area contributed by atoms with Gasteiger partial charge >= 0.3 is 5.97 Å². The average Bonchev–Trinajstić information content (AvgIpc) is 3.37. The lowest BCUT2D eigenvalue weighted by Crippen LogP contribution is -2.55. The first-order valence-electron chi connectivity index (χ1n) is 19.3. The largest absolute Gasteiger partial charge is 0.467 e. The zero-order chi connectivity index (χ0) is 33.2. The van der Waals surface area contributed by atoms with Crippen LogP contribution in [0, 0.1) is 46.3 Å². The Morgan fingerprint density at radius 2 is 1.57 bits per heavy atom. The number of nitrogens with two attached hydrogens (primary N) is 1. The van der Waals surface area contributed by atoms with Crippen LogP contribution in [-0.2, 0) is 14.3 Å². The molecular formula is C38H71N5O3. The Labute approximate surface area is 281 Å². The van der Waals surface area contributed by atoms with E-state index >= 15 is 0 Å². The van der Waals surface area contributed by atoms with Gasteiger partial charge in [-0.15, -0.1) is 0 Å². The van der Waals surface area contributed by atoms with E-state index in [1.807, 2.05) is 0 Å². The number of esters is 1. The smallest absolute Gasteiger partial charge is 0.328 e. The summed E-state index contributed by atoms with van der Waals surface area (Å²) in [7, 11) is 1.40. The molecule has 0 aromatic rings. The number of amides is 1. The van der Waals surface area contributed by atoms with Gasteiger partial charge in [0.25, 0.3) is 0 Å². The van der Waals surface area contributed by atoms with Crippen molar-refractivity contribution in [3.8, 4) is 0 Å².